The maximum absolute atomic E-state index is 5.16. The van der Waals surface area contributed by atoms with E-state index in [0.29, 0.717) is 5.82 Å². The van der Waals surface area contributed by atoms with E-state index in [1.54, 1.807) is 4.80 Å². The van der Waals surface area contributed by atoms with Crippen LogP contribution < -0.4 is 0 Å². The monoisotopic (exact) mass is 620 g/mol. The van der Waals surface area contributed by atoms with Crippen molar-refractivity contribution in [1.82, 2.24) is 30.2 Å². The Morgan fingerprint density at radius 1 is 0.604 bits per heavy atom. The van der Waals surface area contributed by atoms with Gasteiger partial charge in [0, 0.05) is 17.5 Å². The number of benzene rings is 5. The molecule has 0 saturated carbocycles. The van der Waals surface area contributed by atoms with Gasteiger partial charge in [0.25, 0.3) is 0 Å². The topological polar surface area (TPSA) is 69.4 Å². The average Bonchev–Trinajstić information content (AvgIpc) is 3.64. The summed E-state index contributed by atoms with van der Waals surface area (Å²) in [6.45, 7) is 2.03. The molecule has 0 atom stereocenters. The van der Waals surface area contributed by atoms with Crippen LogP contribution in [-0.4, -0.2) is 30.2 Å². The van der Waals surface area contributed by atoms with Crippen LogP contribution in [0.1, 0.15) is 33.5 Å². The van der Waals surface area contributed by atoms with Gasteiger partial charge in [-0.25, -0.2) is 0 Å². The molecule has 0 unspecified atom stereocenters. The van der Waals surface area contributed by atoms with Crippen LogP contribution in [0.2, 0.25) is 0 Å². The largest absolute Gasteiger partial charge is 0.254 e. The first kappa shape index (κ1) is 29.2. The molecule has 6 nitrogen and oxygen atoms in total. The molecule has 8 aromatic rings. The lowest BCUT2D eigenvalue weighted by Gasteiger charge is -2.34. The number of fused-ring (bicyclic) bond motifs is 1. The van der Waals surface area contributed by atoms with E-state index in [9.17, 15) is 0 Å². The van der Waals surface area contributed by atoms with Crippen molar-refractivity contribution in [1.29, 1.82) is 0 Å². The van der Waals surface area contributed by atoms with Gasteiger partial charge in [-0.1, -0.05) is 140 Å². The second kappa shape index (κ2) is 12.5. The zero-order valence-corrected chi connectivity index (χ0v) is 26.5. The van der Waals surface area contributed by atoms with E-state index in [4.69, 9.17) is 15.4 Å². The third kappa shape index (κ3) is 5.23. The van der Waals surface area contributed by atoms with Crippen LogP contribution in [0.5, 0.6) is 0 Å². The highest BCUT2D eigenvalue weighted by molar-refractivity contribution is 5.81. The van der Waals surface area contributed by atoms with Gasteiger partial charge in [-0.15, -0.1) is 15.0 Å². The van der Waals surface area contributed by atoms with Crippen LogP contribution in [0.3, 0.4) is 0 Å². The Labute approximate surface area is 279 Å². The van der Waals surface area contributed by atoms with Crippen molar-refractivity contribution in [3.63, 3.8) is 0 Å². The van der Waals surface area contributed by atoms with Crippen molar-refractivity contribution in [2.45, 2.75) is 18.9 Å². The number of aromatic nitrogens is 6. The van der Waals surface area contributed by atoms with Gasteiger partial charge in [-0.3, -0.25) is 9.97 Å². The smallest absolute Gasteiger partial charge is 0.205 e. The fraction of sp³-hybridized carbons (Fsp3) is 0.0714. The van der Waals surface area contributed by atoms with Crippen molar-refractivity contribution in [2.24, 2.45) is 0 Å². The SMILES string of the molecule is Cc1cc(Cc2ccc(-c3ccccc3-c3nnn(C(c4ccccc4)(c4ccccc4)c4ccccc4)n3)cc2)c2ncccc2n1. The van der Waals surface area contributed by atoms with Crippen molar-refractivity contribution in [3.05, 3.63) is 197 Å². The summed E-state index contributed by atoms with van der Waals surface area (Å²) in [5.74, 6) is 0.562. The molecule has 0 spiro atoms. The summed E-state index contributed by atoms with van der Waals surface area (Å²) in [6, 6.07) is 54.3. The van der Waals surface area contributed by atoms with Crippen LogP contribution in [0, 0.1) is 6.92 Å². The molecule has 0 fully saturated rings. The highest BCUT2D eigenvalue weighted by atomic mass is 15.6. The third-order valence-corrected chi connectivity index (χ3v) is 8.89. The van der Waals surface area contributed by atoms with E-state index in [2.05, 4.69) is 131 Å². The van der Waals surface area contributed by atoms with E-state index in [1.807, 2.05) is 49.5 Å². The van der Waals surface area contributed by atoms with Gasteiger partial charge < -0.3 is 0 Å². The summed E-state index contributed by atoms with van der Waals surface area (Å²) in [4.78, 5) is 11.1. The third-order valence-electron chi connectivity index (χ3n) is 8.89. The molecule has 3 aromatic heterocycles. The molecule has 0 bridgehead atoms. The van der Waals surface area contributed by atoms with Gasteiger partial charge in [0.2, 0.25) is 5.82 Å². The van der Waals surface area contributed by atoms with Crippen molar-refractivity contribution >= 4 is 11.0 Å². The Morgan fingerprint density at radius 3 is 1.81 bits per heavy atom. The lowest BCUT2D eigenvalue weighted by atomic mass is 9.77. The summed E-state index contributed by atoms with van der Waals surface area (Å²) in [5, 5.41) is 14.6. The standard InChI is InChI=1S/C42H32N6/c1-30-28-33(40-39(44-30)22-13-27-43-40)29-31-23-25-32(26-24-31)37-20-11-12-21-38(37)41-45-47-48(46-41)42(34-14-5-2-6-15-34,35-16-7-3-8-17-35)36-18-9-4-10-19-36/h2-28H,29H2,1H3. The quantitative estimate of drug-likeness (QED) is 0.159. The molecular weight excluding hydrogens is 589 g/mol. The molecule has 0 saturated heterocycles. The summed E-state index contributed by atoms with van der Waals surface area (Å²) in [5.41, 5.74) is 10.6. The number of hydrogen-bond donors (Lipinski definition) is 0. The number of hydrogen-bond acceptors (Lipinski definition) is 5. The maximum atomic E-state index is 5.16. The second-order valence-electron chi connectivity index (χ2n) is 11.9. The van der Waals surface area contributed by atoms with Crippen LogP contribution in [0.15, 0.2) is 164 Å². The Balaban J connectivity index is 1.20. The molecule has 8 rings (SSSR count). The average molecular weight is 621 g/mol. The molecule has 0 amide bonds. The van der Waals surface area contributed by atoms with Crippen molar-refractivity contribution < 1.29 is 0 Å². The lowest BCUT2D eigenvalue weighted by molar-refractivity contribution is 0.396. The summed E-state index contributed by atoms with van der Waals surface area (Å²) in [7, 11) is 0. The van der Waals surface area contributed by atoms with E-state index in [0.717, 1.165) is 56.5 Å². The molecule has 0 aliphatic rings. The molecule has 3 heterocycles. The minimum Gasteiger partial charge on any atom is -0.254 e. The number of rotatable bonds is 8. The number of aryl methyl sites for hydroxylation is 1. The molecule has 48 heavy (non-hydrogen) atoms. The predicted molar refractivity (Wildman–Crippen MR) is 190 cm³/mol. The minimum absolute atomic E-state index is 0.562. The molecule has 0 aliphatic carbocycles. The van der Waals surface area contributed by atoms with Gasteiger partial charge in [0.1, 0.15) is 0 Å². The molecule has 230 valence electrons. The molecule has 6 heteroatoms. The first-order valence-corrected chi connectivity index (χ1v) is 16.1. The normalized spacial score (nSPS) is 11.5. The highest BCUT2D eigenvalue weighted by Gasteiger charge is 2.41. The molecule has 0 N–H and O–H groups in total. The molecule has 5 aromatic carbocycles. The van der Waals surface area contributed by atoms with Crippen LogP contribution >= 0.6 is 0 Å². The number of pyridine rings is 2. The predicted octanol–water partition coefficient (Wildman–Crippen LogP) is 8.69. The van der Waals surface area contributed by atoms with E-state index in [1.165, 1.54) is 11.1 Å². The number of tetrazole rings is 1. The second-order valence-corrected chi connectivity index (χ2v) is 11.9. The van der Waals surface area contributed by atoms with Gasteiger partial charge in [-0.2, -0.15) is 0 Å². The Bertz CT molecular complexity index is 2220. The Kier molecular flexibility index (Phi) is 7.59. The first-order valence-electron chi connectivity index (χ1n) is 16.1. The highest BCUT2D eigenvalue weighted by Crippen LogP contribution is 2.40. The van der Waals surface area contributed by atoms with Gasteiger partial charge >= 0.3 is 0 Å². The van der Waals surface area contributed by atoms with Crippen molar-refractivity contribution in [2.75, 3.05) is 0 Å². The number of nitrogens with zero attached hydrogens (tertiary/aromatic N) is 6. The van der Waals surface area contributed by atoms with Crippen molar-refractivity contribution in [3.8, 4) is 22.5 Å². The maximum Gasteiger partial charge on any atom is 0.205 e. The molecule has 0 radical (unpaired) electrons. The fourth-order valence-corrected chi connectivity index (χ4v) is 6.71. The molecule has 0 aliphatic heterocycles. The zero-order valence-electron chi connectivity index (χ0n) is 26.5. The Morgan fingerprint density at radius 2 is 1.19 bits per heavy atom. The van der Waals surface area contributed by atoms with Gasteiger partial charge in [0.15, 0.2) is 5.54 Å². The van der Waals surface area contributed by atoms with E-state index >= 15 is 0 Å². The van der Waals surface area contributed by atoms with E-state index in [-0.39, 0.29) is 0 Å². The lowest BCUT2D eigenvalue weighted by Crippen LogP contribution is -2.39. The van der Waals surface area contributed by atoms with E-state index < -0.39 is 5.54 Å². The van der Waals surface area contributed by atoms with Crippen LogP contribution in [0.4, 0.5) is 0 Å². The fourth-order valence-electron chi connectivity index (χ4n) is 6.71. The zero-order chi connectivity index (χ0) is 32.3. The molecular formula is C42H32N6. The van der Waals surface area contributed by atoms with Crippen LogP contribution in [0.25, 0.3) is 33.5 Å². The van der Waals surface area contributed by atoms with Gasteiger partial charge in [-0.05, 0) is 75.7 Å². The van der Waals surface area contributed by atoms with Gasteiger partial charge in [0.05, 0.1) is 11.0 Å². The summed E-state index contributed by atoms with van der Waals surface area (Å²) >= 11 is 0. The minimum atomic E-state index is -0.837. The van der Waals surface area contributed by atoms with Crippen LogP contribution in [-0.2, 0) is 12.0 Å². The Hall–Kier alpha value is -6.27. The summed E-state index contributed by atoms with van der Waals surface area (Å²) in [6.07, 6.45) is 2.60. The summed E-state index contributed by atoms with van der Waals surface area (Å²) < 4.78 is 0. The first-order chi connectivity index (χ1) is 23.7.